The Bertz CT molecular complexity index is 813. The van der Waals surface area contributed by atoms with E-state index in [2.05, 4.69) is 51.6 Å². The van der Waals surface area contributed by atoms with Crippen LogP contribution in [0, 0.1) is 0 Å². The second-order valence-electron chi connectivity index (χ2n) is 5.29. The van der Waals surface area contributed by atoms with E-state index >= 15 is 0 Å². The molecule has 0 bridgehead atoms. The fraction of sp³-hybridized carbons (Fsp3) is 0.176. The van der Waals surface area contributed by atoms with Crippen LogP contribution in [0.4, 0.5) is 0 Å². The normalized spacial score (nSPS) is 18.5. The molecule has 0 radical (unpaired) electrons. The van der Waals surface area contributed by atoms with E-state index in [0.717, 1.165) is 10.2 Å². The highest BCUT2D eigenvalue weighted by molar-refractivity contribution is 9.10. The Kier molecular flexibility index (Phi) is 3.25. The maximum atomic E-state index is 6.59. The first-order valence-electron chi connectivity index (χ1n) is 6.88. The predicted octanol–water partition coefficient (Wildman–Crippen LogP) is 4.84. The lowest BCUT2D eigenvalue weighted by Crippen LogP contribution is -2.20. The second-order valence-corrected chi connectivity index (χ2v) is 7.02. The number of para-hydroxylation sites is 1. The van der Waals surface area contributed by atoms with Crippen LogP contribution in [0.5, 0.6) is 5.75 Å². The van der Waals surface area contributed by atoms with Crippen molar-refractivity contribution in [2.75, 3.05) is 6.61 Å². The first-order chi connectivity index (χ1) is 10.3. The highest BCUT2D eigenvalue weighted by Crippen LogP contribution is 2.43. The van der Waals surface area contributed by atoms with Crippen molar-refractivity contribution in [2.24, 2.45) is 5.73 Å². The minimum Gasteiger partial charge on any atom is -0.493 e. The van der Waals surface area contributed by atoms with Crippen molar-refractivity contribution in [2.45, 2.75) is 12.0 Å². The number of hydrogen-bond acceptors (Lipinski definition) is 3. The molecule has 106 valence electrons. The van der Waals surface area contributed by atoms with E-state index in [4.69, 9.17) is 10.5 Å². The molecule has 2 heterocycles. The third kappa shape index (κ3) is 2.09. The Morgan fingerprint density at radius 3 is 2.95 bits per heavy atom. The molecular formula is C17H14BrNOS. The average Bonchev–Trinajstić information content (AvgIpc) is 3.11. The first kappa shape index (κ1) is 13.3. The molecule has 0 amide bonds. The summed E-state index contributed by atoms with van der Waals surface area (Å²) in [7, 11) is 0. The second kappa shape index (κ2) is 5.13. The molecule has 1 aliphatic heterocycles. The summed E-state index contributed by atoms with van der Waals surface area (Å²) >= 11 is 5.35. The zero-order valence-electron chi connectivity index (χ0n) is 11.3. The summed E-state index contributed by atoms with van der Waals surface area (Å²) < 4.78 is 8.17. The zero-order valence-corrected chi connectivity index (χ0v) is 13.7. The molecule has 4 heteroatoms. The predicted molar refractivity (Wildman–Crippen MR) is 91.1 cm³/mol. The maximum Gasteiger partial charge on any atom is 0.122 e. The lowest BCUT2D eigenvalue weighted by molar-refractivity contribution is 0.315. The van der Waals surface area contributed by atoms with E-state index in [0.29, 0.717) is 6.61 Å². The number of fused-ring (bicyclic) bond motifs is 2. The van der Waals surface area contributed by atoms with Gasteiger partial charge in [0.15, 0.2) is 0 Å². The molecule has 2 atom stereocenters. The van der Waals surface area contributed by atoms with Crippen molar-refractivity contribution in [3.8, 4) is 5.75 Å². The summed E-state index contributed by atoms with van der Waals surface area (Å²) in [5.41, 5.74) is 9.02. The van der Waals surface area contributed by atoms with Gasteiger partial charge in [-0.25, -0.2) is 0 Å². The highest BCUT2D eigenvalue weighted by Gasteiger charge is 2.31. The molecule has 0 saturated heterocycles. The van der Waals surface area contributed by atoms with Gasteiger partial charge < -0.3 is 10.5 Å². The Morgan fingerprint density at radius 2 is 2.05 bits per heavy atom. The molecule has 4 rings (SSSR count). The summed E-state index contributed by atoms with van der Waals surface area (Å²) in [6.07, 6.45) is 0. The van der Waals surface area contributed by atoms with Gasteiger partial charge >= 0.3 is 0 Å². The number of halogens is 1. The fourth-order valence-electron chi connectivity index (χ4n) is 3.00. The quantitative estimate of drug-likeness (QED) is 0.710. The number of rotatable bonds is 2. The van der Waals surface area contributed by atoms with Gasteiger partial charge in [-0.05, 0) is 44.4 Å². The van der Waals surface area contributed by atoms with Gasteiger partial charge in [0.2, 0.25) is 0 Å². The molecule has 2 unspecified atom stereocenters. The van der Waals surface area contributed by atoms with Crippen LogP contribution in [0.25, 0.3) is 10.1 Å². The molecule has 1 aromatic heterocycles. The van der Waals surface area contributed by atoms with Gasteiger partial charge in [0.05, 0.1) is 6.61 Å². The third-order valence-electron chi connectivity index (χ3n) is 4.11. The van der Waals surface area contributed by atoms with Gasteiger partial charge in [-0.15, -0.1) is 11.3 Å². The molecule has 0 aliphatic carbocycles. The summed E-state index contributed by atoms with van der Waals surface area (Å²) in [6.45, 7) is 0.659. The van der Waals surface area contributed by atoms with Gasteiger partial charge in [-0.2, -0.15) is 0 Å². The van der Waals surface area contributed by atoms with Gasteiger partial charge in [-0.3, -0.25) is 0 Å². The number of benzene rings is 2. The van der Waals surface area contributed by atoms with Crippen molar-refractivity contribution in [1.29, 1.82) is 0 Å². The molecule has 3 aromatic rings. The monoisotopic (exact) mass is 359 g/mol. The van der Waals surface area contributed by atoms with Crippen molar-refractivity contribution < 1.29 is 4.74 Å². The van der Waals surface area contributed by atoms with E-state index in [9.17, 15) is 0 Å². The number of nitrogens with two attached hydrogens (primary N) is 1. The smallest absolute Gasteiger partial charge is 0.122 e. The molecule has 0 spiro atoms. The summed E-state index contributed by atoms with van der Waals surface area (Å²) in [4.78, 5) is 0. The van der Waals surface area contributed by atoms with Crippen molar-refractivity contribution in [1.82, 2.24) is 0 Å². The molecule has 2 N–H and O–H groups in total. The highest BCUT2D eigenvalue weighted by atomic mass is 79.9. The van der Waals surface area contributed by atoms with E-state index in [-0.39, 0.29) is 12.0 Å². The maximum absolute atomic E-state index is 6.59. The van der Waals surface area contributed by atoms with Crippen LogP contribution in [-0.4, -0.2) is 6.61 Å². The number of hydrogen-bond donors (Lipinski definition) is 1. The minimum absolute atomic E-state index is 0.0447. The largest absolute Gasteiger partial charge is 0.493 e. The van der Waals surface area contributed by atoms with Crippen LogP contribution in [0.2, 0.25) is 0 Å². The number of thiophene rings is 1. The van der Waals surface area contributed by atoms with Crippen LogP contribution in [0.3, 0.4) is 0 Å². The molecule has 2 aromatic carbocycles. The summed E-state index contributed by atoms with van der Waals surface area (Å²) in [6, 6.07) is 14.4. The molecule has 0 fully saturated rings. The summed E-state index contributed by atoms with van der Waals surface area (Å²) in [5, 5.41) is 3.42. The lowest BCUT2D eigenvalue weighted by atomic mass is 9.89. The Balaban J connectivity index is 1.78. The van der Waals surface area contributed by atoms with Crippen LogP contribution in [0.15, 0.2) is 52.3 Å². The number of ether oxygens (including phenoxy) is 1. The van der Waals surface area contributed by atoms with Crippen LogP contribution >= 0.6 is 27.3 Å². The van der Waals surface area contributed by atoms with Gasteiger partial charge in [0.1, 0.15) is 5.75 Å². The van der Waals surface area contributed by atoms with Crippen LogP contribution in [-0.2, 0) is 0 Å². The average molecular weight is 360 g/mol. The fourth-order valence-corrected chi connectivity index (χ4v) is 4.67. The van der Waals surface area contributed by atoms with E-state index in [1.54, 1.807) is 11.3 Å². The minimum atomic E-state index is -0.0447. The molecule has 0 saturated carbocycles. The van der Waals surface area contributed by atoms with Gasteiger partial charge in [0.25, 0.3) is 0 Å². The Morgan fingerprint density at radius 1 is 1.19 bits per heavy atom. The Labute approximate surface area is 135 Å². The SMILES string of the molecule is NC(c1csc2c(Br)cccc12)C1COc2ccccc21. The molecular weight excluding hydrogens is 346 g/mol. The summed E-state index contributed by atoms with van der Waals surface area (Å²) in [5.74, 6) is 1.19. The third-order valence-corrected chi connectivity index (χ3v) is 6.08. The van der Waals surface area contributed by atoms with Gasteiger partial charge in [0, 0.05) is 26.7 Å². The molecule has 1 aliphatic rings. The van der Waals surface area contributed by atoms with E-state index in [1.165, 1.54) is 21.2 Å². The van der Waals surface area contributed by atoms with E-state index in [1.807, 2.05) is 12.1 Å². The first-order valence-corrected chi connectivity index (χ1v) is 8.56. The molecule has 2 nitrogen and oxygen atoms in total. The van der Waals surface area contributed by atoms with Gasteiger partial charge in [-0.1, -0.05) is 30.3 Å². The Hall–Kier alpha value is -1.36. The zero-order chi connectivity index (χ0) is 14.4. The van der Waals surface area contributed by atoms with Crippen molar-refractivity contribution in [3.05, 3.63) is 63.4 Å². The van der Waals surface area contributed by atoms with Crippen molar-refractivity contribution in [3.63, 3.8) is 0 Å². The van der Waals surface area contributed by atoms with Crippen molar-refractivity contribution >= 4 is 37.4 Å². The lowest BCUT2D eigenvalue weighted by Gasteiger charge is -2.18. The topological polar surface area (TPSA) is 35.2 Å². The van der Waals surface area contributed by atoms with E-state index < -0.39 is 0 Å². The standard InChI is InChI=1S/C17H14BrNOS/c18-14-6-3-5-11-13(9-21-17(11)14)16(19)12-8-20-15-7-2-1-4-10(12)15/h1-7,9,12,16H,8,19H2. The molecule has 21 heavy (non-hydrogen) atoms. The van der Waals surface area contributed by atoms with Crippen LogP contribution in [0.1, 0.15) is 23.1 Å². The van der Waals surface area contributed by atoms with Crippen LogP contribution < -0.4 is 10.5 Å².